The Morgan fingerprint density at radius 1 is 1.15 bits per heavy atom. The summed E-state index contributed by atoms with van der Waals surface area (Å²) >= 11 is 0. The Kier molecular flexibility index (Phi) is 5.41. The number of nitrogens with zero attached hydrogens (tertiary/aromatic N) is 8. The zero-order valence-corrected chi connectivity index (χ0v) is 18.6. The molecule has 3 aliphatic rings. The SMILES string of the molecule is CC1=C(N2CCC3(CCN(C[C@@H](O)c4cc(C)c(-n5cnnn5)nn4)CC3)C2=O)COC1=O. The van der Waals surface area contributed by atoms with E-state index in [9.17, 15) is 14.7 Å². The number of amides is 1. The predicted molar refractivity (Wildman–Crippen MR) is 113 cm³/mol. The molecule has 2 aromatic heterocycles. The average molecular weight is 454 g/mol. The van der Waals surface area contributed by atoms with Gasteiger partial charge in [-0.05, 0) is 68.3 Å². The molecule has 12 nitrogen and oxygen atoms in total. The minimum atomic E-state index is -0.793. The van der Waals surface area contributed by atoms with E-state index in [1.165, 1.54) is 11.0 Å². The fourth-order valence-electron chi connectivity index (χ4n) is 4.94. The van der Waals surface area contributed by atoms with Gasteiger partial charge in [-0.1, -0.05) is 0 Å². The summed E-state index contributed by atoms with van der Waals surface area (Å²) in [5, 5.41) is 30.1. The van der Waals surface area contributed by atoms with Crippen LogP contribution in [-0.2, 0) is 14.3 Å². The molecule has 0 radical (unpaired) electrons. The summed E-state index contributed by atoms with van der Waals surface area (Å²) in [5.41, 5.74) is 2.13. The molecule has 5 heterocycles. The van der Waals surface area contributed by atoms with Gasteiger partial charge >= 0.3 is 5.97 Å². The van der Waals surface area contributed by atoms with Crippen LogP contribution < -0.4 is 0 Å². The summed E-state index contributed by atoms with van der Waals surface area (Å²) in [7, 11) is 0. The van der Waals surface area contributed by atoms with Crippen LogP contribution in [-0.4, -0.2) is 90.0 Å². The molecule has 1 spiro atoms. The first-order valence-electron chi connectivity index (χ1n) is 11.0. The molecule has 2 saturated heterocycles. The fraction of sp³-hybridized carbons (Fsp3) is 0.571. The Labute approximate surface area is 190 Å². The normalized spacial score (nSPS) is 21.8. The molecule has 2 fully saturated rings. The quantitative estimate of drug-likeness (QED) is 0.611. The number of hydrogen-bond acceptors (Lipinski definition) is 10. The molecule has 3 aliphatic heterocycles. The first-order valence-corrected chi connectivity index (χ1v) is 11.0. The van der Waals surface area contributed by atoms with Crippen LogP contribution in [0.25, 0.3) is 5.82 Å². The van der Waals surface area contributed by atoms with E-state index in [4.69, 9.17) is 4.74 Å². The van der Waals surface area contributed by atoms with E-state index >= 15 is 0 Å². The number of aliphatic hydroxyl groups is 1. The number of aromatic nitrogens is 6. The largest absolute Gasteiger partial charge is 0.456 e. The lowest BCUT2D eigenvalue weighted by atomic mass is 9.77. The summed E-state index contributed by atoms with van der Waals surface area (Å²) in [6.07, 6.45) is 2.87. The molecular weight excluding hydrogens is 428 g/mol. The number of carbonyl (C=O) groups is 2. The molecule has 1 amide bonds. The van der Waals surface area contributed by atoms with Gasteiger partial charge in [0, 0.05) is 13.1 Å². The second-order valence-corrected chi connectivity index (χ2v) is 8.98. The van der Waals surface area contributed by atoms with Crippen molar-refractivity contribution in [2.45, 2.75) is 39.2 Å². The van der Waals surface area contributed by atoms with Crippen molar-refractivity contribution in [2.75, 3.05) is 32.8 Å². The molecule has 0 bridgehead atoms. The van der Waals surface area contributed by atoms with Crippen molar-refractivity contribution in [2.24, 2.45) is 5.41 Å². The molecule has 2 aromatic rings. The topological polar surface area (TPSA) is 139 Å². The van der Waals surface area contributed by atoms with Gasteiger partial charge in [0.25, 0.3) is 0 Å². The molecule has 0 aliphatic carbocycles. The Hall–Kier alpha value is -3.25. The van der Waals surface area contributed by atoms with Crippen molar-refractivity contribution >= 4 is 11.9 Å². The number of carbonyl (C=O) groups excluding carboxylic acids is 2. The van der Waals surface area contributed by atoms with Crippen LogP contribution in [0, 0.1) is 12.3 Å². The van der Waals surface area contributed by atoms with Crippen molar-refractivity contribution < 1.29 is 19.4 Å². The molecule has 5 rings (SSSR count). The standard InChI is InChI=1S/C21H26N8O4/c1-13-9-15(23-24-18(13)29-12-22-25-26-29)17(30)10-27-6-3-21(4-7-27)5-8-28(20(21)32)16-11-33-19(31)14(16)2/h9,12,17,30H,3-8,10-11H2,1-2H3/t17-/m1/s1. The number of hydrogen-bond donors (Lipinski definition) is 1. The van der Waals surface area contributed by atoms with E-state index in [0.717, 1.165) is 24.8 Å². The third-order valence-corrected chi connectivity index (χ3v) is 7.05. The van der Waals surface area contributed by atoms with E-state index in [1.807, 2.05) is 6.92 Å². The van der Waals surface area contributed by atoms with Crippen molar-refractivity contribution in [3.05, 3.63) is 34.9 Å². The Morgan fingerprint density at radius 3 is 2.55 bits per heavy atom. The molecular formula is C21H26N8O4. The van der Waals surface area contributed by atoms with Crippen LogP contribution in [0.2, 0.25) is 0 Å². The number of likely N-dealkylation sites (tertiary alicyclic amines) is 2. The van der Waals surface area contributed by atoms with Crippen LogP contribution in [0.15, 0.2) is 23.7 Å². The summed E-state index contributed by atoms with van der Waals surface area (Å²) in [5.74, 6) is 0.266. The lowest BCUT2D eigenvalue weighted by molar-refractivity contribution is -0.138. The van der Waals surface area contributed by atoms with Gasteiger partial charge < -0.3 is 19.6 Å². The van der Waals surface area contributed by atoms with E-state index in [-0.39, 0.29) is 18.5 Å². The molecule has 12 heteroatoms. The number of aryl methyl sites for hydroxylation is 1. The minimum Gasteiger partial charge on any atom is -0.456 e. The second kappa shape index (κ2) is 8.27. The van der Waals surface area contributed by atoms with Crippen LogP contribution in [0.1, 0.15) is 43.5 Å². The van der Waals surface area contributed by atoms with Crippen molar-refractivity contribution in [1.82, 2.24) is 40.2 Å². The number of ether oxygens (including phenoxy) is 1. The zero-order valence-electron chi connectivity index (χ0n) is 18.6. The first kappa shape index (κ1) is 21.6. The highest BCUT2D eigenvalue weighted by atomic mass is 16.5. The summed E-state index contributed by atoms with van der Waals surface area (Å²) < 4.78 is 6.52. The number of β-amino-alcohol motifs (C(OH)–C–C–N with tert-alkyl or cyclic N) is 1. The zero-order chi connectivity index (χ0) is 23.2. The second-order valence-electron chi connectivity index (χ2n) is 8.98. The van der Waals surface area contributed by atoms with E-state index in [2.05, 4.69) is 30.6 Å². The van der Waals surface area contributed by atoms with Crippen molar-refractivity contribution in [3.63, 3.8) is 0 Å². The summed E-state index contributed by atoms with van der Waals surface area (Å²) in [6.45, 7) is 6.21. The first-order chi connectivity index (χ1) is 15.9. The van der Waals surface area contributed by atoms with Gasteiger partial charge in [-0.25, -0.2) is 4.79 Å². The van der Waals surface area contributed by atoms with Gasteiger partial charge in [0.2, 0.25) is 5.91 Å². The number of cyclic esters (lactones) is 1. The lowest BCUT2D eigenvalue weighted by Gasteiger charge is -2.38. The smallest absolute Gasteiger partial charge is 0.336 e. The van der Waals surface area contributed by atoms with Gasteiger partial charge in [0.05, 0.1) is 22.4 Å². The molecule has 0 aromatic carbocycles. The van der Waals surface area contributed by atoms with Gasteiger partial charge in [0.15, 0.2) is 5.82 Å². The fourth-order valence-corrected chi connectivity index (χ4v) is 4.94. The molecule has 0 saturated carbocycles. The van der Waals surface area contributed by atoms with Crippen LogP contribution in [0.4, 0.5) is 0 Å². The van der Waals surface area contributed by atoms with Crippen molar-refractivity contribution in [1.29, 1.82) is 0 Å². The Morgan fingerprint density at radius 2 is 1.91 bits per heavy atom. The summed E-state index contributed by atoms with van der Waals surface area (Å²) in [4.78, 5) is 28.9. The van der Waals surface area contributed by atoms with Crippen LogP contribution in [0.3, 0.4) is 0 Å². The maximum absolute atomic E-state index is 13.3. The highest BCUT2D eigenvalue weighted by molar-refractivity contribution is 5.94. The molecule has 174 valence electrons. The minimum absolute atomic E-state index is 0.0926. The van der Waals surface area contributed by atoms with Gasteiger partial charge in [-0.2, -0.15) is 9.78 Å². The van der Waals surface area contributed by atoms with Crippen LogP contribution in [0.5, 0.6) is 0 Å². The van der Waals surface area contributed by atoms with E-state index in [1.54, 1.807) is 17.9 Å². The Bertz CT molecular complexity index is 1110. The molecule has 33 heavy (non-hydrogen) atoms. The monoisotopic (exact) mass is 454 g/mol. The highest BCUT2D eigenvalue weighted by Gasteiger charge is 2.50. The third-order valence-electron chi connectivity index (χ3n) is 7.05. The molecule has 1 N–H and O–H groups in total. The number of esters is 1. The molecule has 0 unspecified atom stereocenters. The Balaban J connectivity index is 1.20. The molecule has 1 atom stereocenters. The van der Waals surface area contributed by atoms with E-state index in [0.29, 0.717) is 49.0 Å². The van der Waals surface area contributed by atoms with E-state index < -0.39 is 11.5 Å². The maximum Gasteiger partial charge on any atom is 0.336 e. The highest BCUT2D eigenvalue weighted by Crippen LogP contribution is 2.43. The number of tetrazole rings is 1. The van der Waals surface area contributed by atoms with Crippen LogP contribution >= 0.6 is 0 Å². The maximum atomic E-state index is 13.3. The van der Waals surface area contributed by atoms with Gasteiger partial charge in [0.1, 0.15) is 19.0 Å². The average Bonchev–Trinajstić information content (AvgIpc) is 3.53. The number of rotatable bonds is 5. The number of aliphatic hydroxyl groups excluding tert-OH is 1. The predicted octanol–water partition coefficient (Wildman–Crippen LogP) is -0.0606. The van der Waals surface area contributed by atoms with Gasteiger partial charge in [-0.15, -0.1) is 10.2 Å². The summed E-state index contributed by atoms with van der Waals surface area (Å²) in [6, 6.07) is 1.79. The van der Waals surface area contributed by atoms with Gasteiger partial charge in [-0.3, -0.25) is 4.79 Å². The lowest BCUT2D eigenvalue weighted by Crippen LogP contribution is -2.45. The number of piperidine rings is 1. The van der Waals surface area contributed by atoms with Crippen molar-refractivity contribution in [3.8, 4) is 5.82 Å². The third kappa shape index (κ3) is 3.78.